The summed E-state index contributed by atoms with van der Waals surface area (Å²) in [6, 6.07) is 3.73. The Kier molecular flexibility index (Phi) is 3.68. The van der Waals surface area contributed by atoms with E-state index in [4.69, 9.17) is 0 Å². The highest BCUT2D eigenvalue weighted by Crippen LogP contribution is 2.41. The van der Waals surface area contributed by atoms with Crippen molar-refractivity contribution in [1.29, 1.82) is 0 Å². The summed E-state index contributed by atoms with van der Waals surface area (Å²) in [7, 11) is 0. The smallest absolute Gasteiger partial charge is 0.240 e. The van der Waals surface area contributed by atoms with E-state index >= 15 is 0 Å². The van der Waals surface area contributed by atoms with Crippen molar-refractivity contribution >= 4 is 11.8 Å². The molecule has 0 atom stereocenters. The number of nitrogens with zero attached hydrogens (tertiary/aromatic N) is 1. The van der Waals surface area contributed by atoms with Crippen molar-refractivity contribution in [2.75, 3.05) is 0 Å². The maximum Gasteiger partial charge on any atom is 0.240 e. The molecule has 1 N–H and O–H groups in total. The average molecular weight is 247 g/mol. The van der Waals surface area contributed by atoms with Gasteiger partial charge in [-0.05, 0) is 22.5 Å². The molecule has 0 spiro atoms. The quantitative estimate of drug-likeness (QED) is 0.603. The van der Waals surface area contributed by atoms with Crippen LogP contribution < -0.4 is 0 Å². The lowest BCUT2D eigenvalue weighted by atomic mass is 9.80. The summed E-state index contributed by atoms with van der Waals surface area (Å²) < 4.78 is 0. The van der Waals surface area contributed by atoms with Crippen LogP contribution in [0.4, 0.5) is 5.69 Å². The van der Waals surface area contributed by atoms with Gasteiger partial charge in [0.1, 0.15) is 11.4 Å². The van der Waals surface area contributed by atoms with Crippen LogP contribution in [-0.2, 0) is 15.6 Å². The molecule has 98 valence electrons. The van der Waals surface area contributed by atoms with Gasteiger partial charge in [0.2, 0.25) is 6.08 Å². The summed E-state index contributed by atoms with van der Waals surface area (Å²) in [4.78, 5) is 14.0. The fraction of sp³-hybridized carbons (Fsp3) is 0.533. The lowest BCUT2D eigenvalue weighted by molar-refractivity contribution is 0.446. The summed E-state index contributed by atoms with van der Waals surface area (Å²) in [6.45, 7) is 12.3. The predicted molar refractivity (Wildman–Crippen MR) is 73.3 cm³/mol. The number of aliphatic imine (C=N–C) groups is 1. The van der Waals surface area contributed by atoms with Gasteiger partial charge in [0, 0.05) is 5.56 Å². The number of phenols is 1. The highest BCUT2D eigenvalue weighted by Gasteiger charge is 2.24. The zero-order valence-corrected chi connectivity index (χ0v) is 12.0. The third-order valence-electron chi connectivity index (χ3n) is 2.93. The van der Waals surface area contributed by atoms with E-state index in [9.17, 15) is 9.90 Å². The van der Waals surface area contributed by atoms with Crippen LogP contribution in [0.15, 0.2) is 17.1 Å². The van der Waals surface area contributed by atoms with Crippen LogP contribution in [0.3, 0.4) is 0 Å². The molecule has 1 aromatic carbocycles. The molecule has 0 aliphatic rings. The van der Waals surface area contributed by atoms with E-state index in [1.807, 2.05) is 26.8 Å². The average Bonchev–Trinajstić information content (AvgIpc) is 2.17. The molecule has 0 saturated heterocycles. The summed E-state index contributed by atoms with van der Waals surface area (Å²) in [5, 5.41) is 10.2. The van der Waals surface area contributed by atoms with Gasteiger partial charge < -0.3 is 5.11 Å². The SMILES string of the molecule is CC(C)(C)c1cc(N=C=O)c(O)c(C(C)(C)C)c1. The van der Waals surface area contributed by atoms with Gasteiger partial charge in [-0.3, -0.25) is 0 Å². The fourth-order valence-electron chi connectivity index (χ4n) is 1.76. The van der Waals surface area contributed by atoms with E-state index in [2.05, 4.69) is 25.8 Å². The number of benzene rings is 1. The maximum atomic E-state index is 10.4. The standard InChI is InChI=1S/C15H21NO2/c1-14(2,3)10-7-11(15(4,5)6)13(18)12(8-10)16-9-17/h7-8,18H,1-6H3. The van der Waals surface area contributed by atoms with Crippen molar-refractivity contribution in [2.45, 2.75) is 52.4 Å². The van der Waals surface area contributed by atoms with Gasteiger partial charge in [0.25, 0.3) is 0 Å². The zero-order chi connectivity index (χ0) is 14.1. The Morgan fingerprint density at radius 1 is 1.06 bits per heavy atom. The molecule has 18 heavy (non-hydrogen) atoms. The minimum atomic E-state index is -0.210. The molecule has 1 rings (SSSR count). The monoisotopic (exact) mass is 247 g/mol. The Bertz CT molecular complexity index is 498. The Morgan fingerprint density at radius 2 is 1.61 bits per heavy atom. The molecule has 1 aromatic rings. The van der Waals surface area contributed by atoms with Crippen LogP contribution in [-0.4, -0.2) is 11.2 Å². The molecule has 3 nitrogen and oxygen atoms in total. The first-order valence-electron chi connectivity index (χ1n) is 6.03. The minimum Gasteiger partial charge on any atom is -0.505 e. The number of phenolic OH excluding ortho intramolecular Hbond substituents is 1. The number of aromatic hydroxyl groups is 1. The molecule has 0 bridgehead atoms. The molecule has 0 radical (unpaired) electrons. The van der Waals surface area contributed by atoms with Gasteiger partial charge >= 0.3 is 0 Å². The minimum absolute atomic E-state index is 0.0684. The summed E-state index contributed by atoms with van der Waals surface area (Å²) in [5.41, 5.74) is 1.85. The lowest BCUT2D eigenvalue weighted by Gasteiger charge is -2.26. The molecule has 0 aliphatic heterocycles. The van der Waals surface area contributed by atoms with Gasteiger partial charge in [-0.1, -0.05) is 47.6 Å². The van der Waals surface area contributed by atoms with E-state index in [0.717, 1.165) is 11.1 Å². The normalized spacial score (nSPS) is 12.1. The largest absolute Gasteiger partial charge is 0.505 e. The van der Waals surface area contributed by atoms with Crippen LogP contribution >= 0.6 is 0 Å². The van der Waals surface area contributed by atoms with Crippen molar-refractivity contribution in [1.82, 2.24) is 0 Å². The van der Waals surface area contributed by atoms with Crippen LogP contribution in [0.2, 0.25) is 0 Å². The Morgan fingerprint density at radius 3 is 2.00 bits per heavy atom. The second-order valence-electron chi connectivity index (χ2n) is 6.59. The van der Waals surface area contributed by atoms with Gasteiger partial charge in [-0.15, -0.1) is 0 Å². The molecular formula is C15H21NO2. The number of carbonyl (C=O) groups excluding carboxylic acids is 1. The first-order chi connectivity index (χ1) is 8.07. The van der Waals surface area contributed by atoms with E-state index in [-0.39, 0.29) is 16.6 Å². The fourth-order valence-corrected chi connectivity index (χ4v) is 1.76. The summed E-state index contributed by atoms with van der Waals surface area (Å²) >= 11 is 0. The highest BCUT2D eigenvalue weighted by atomic mass is 16.3. The topological polar surface area (TPSA) is 49.7 Å². The molecule has 0 fully saturated rings. The number of hydrogen-bond donors (Lipinski definition) is 1. The zero-order valence-electron chi connectivity index (χ0n) is 12.0. The van der Waals surface area contributed by atoms with Crippen molar-refractivity contribution in [3.63, 3.8) is 0 Å². The molecular weight excluding hydrogens is 226 g/mol. The third-order valence-corrected chi connectivity index (χ3v) is 2.93. The molecule has 0 heterocycles. The Balaban J connectivity index is 3.62. The van der Waals surface area contributed by atoms with Crippen LogP contribution in [0.5, 0.6) is 5.75 Å². The predicted octanol–water partition coefficient (Wildman–Crippen LogP) is 3.95. The highest BCUT2D eigenvalue weighted by molar-refractivity contribution is 5.63. The van der Waals surface area contributed by atoms with Crippen LogP contribution in [0.25, 0.3) is 0 Å². The molecule has 3 heteroatoms. The molecule has 0 saturated carbocycles. The second kappa shape index (κ2) is 4.58. The van der Waals surface area contributed by atoms with Crippen molar-refractivity contribution in [3.05, 3.63) is 23.3 Å². The van der Waals surface area contributed by atoms with Crippen molar-refractivity contribution < 1.29 is 9.90 Å². The lowest BCUT2D eigenvalue weighted by Crippen LogP contribution is -2.16. The number of hydrogen-bond acceptors (Lipinski definition) is 3. The second-order valence-corrected chi connectivity index (χ2v) is 6.59. The maximum absolute atomic E-state index is 10.4. The molecule has 0 amide bonds. The van der Waals surface area contributed by atoms with Crippen LogP contribution in [0.1, 0.15) is 52.7 Å². The first kappa shape index (κ1) is 14.5. The Hall–Kier alpha value is -1.60. The molecule has 0 aliphatic carbocycles. The number of rotatable bonds is 1. The van der Waals surface area contributed by atoms with Gasteiger partial charge in [-0.2, -0.15) is 4.99 Å². The molecule has 0 aromatic heterocycles. The third kappa shape index (κ3) is 2.99. The summed E-state index contributed by atoms with van der Waals surface area (Å²) in [5.74, 6) is 0.0684. The first-order valence-corrected chi connectivity index (χ1v) is 6.03. The van der Waals surface area contributed by atoms with Crippen LogP contribution in [0, 0.1) is 0 Å². The van der Waals surface area contributed by atoms with E-state index < -0.39 is 0 Å². The van der Waals surface area contributed by atoms with Gasteiger partial charge in [-0.25, -0.2) is 4.79 Å². The summed E-state index contributed by atoms with van der Waals surface area (Å²) in [6.07, 6.45) is 1.50. The van der Waals surface area contributed by atoms with Gasteiger partial charge in [0.15, 0.2) is 0 Å². The van der Waals surface area contributed by atoms with Crippen molar-refractivity contribution in [2.24, 2.45) is 4.99 Å². The number of isocyanates is 1. The van der Waals surface area contributed by atoms with Crippen molar-refractivity contribution in [3.8, 4) is 5.75 Å². The Labute approximate surface area is 109 Å². The van der Waals surface area contributed by atoms with E-state index in [1.165, 1.54) is 6.08 Å². The van der Waals surface area contributed by atoms with E-state index in [0.29, 0.717) is 5.69 Å². The van der Waals surface area contributed by atoms with E-state index in [1.54, 1.807) is 6.07 Å². The van der Waals surface area contributed by atoms with Gasteiger partial charge in [0.05, 0.1) is 0 Å². The molecule has 0 unspecified atom stereocenters.